The van der Waals surface area contributed by atoms with Gasteiger partial charge in [0.1, 0.15) is 0 Å². The minimum Gasteiger partial charge on any atom is -0.393 e. The topological polar surface area (TPSA) is 74.4 Å². The zero-order valence-corrected chi connectivity index (χ0v) is 11.8. The maximum absolute atomic E-state index is 9.84. The Balaban J connectivity index is 1.99. The van der Waals surface area contributed by atoms with E-state index in [4.69, 9.17) is 29.0 Å². The number of aliphatic hydroxyl groups is 1. The number of pyridine rings is 1. The Hall–Kier alpha value is -0.750. The van der Waals surface area contributed by atoms with E-state index in [1.165, 1.54) is 0 Å². The normalized spacial score (nSPS) is 29.7. The maximum Gasteiger partial charge on any atom is 0.161 e. The van der Waals surface area contributed by atoms with Crippen molar-refractivity contribution in [3.63, 3.8) is 0 Å². The number of hydrogen-bond acceptors (Lipinski definition) is 5. The Bertz CT molecular complexity index is 485. The lowest BCUT2D eigenvalue weighted by Crippen LogP contribution is -2.45. The molecule has 0 radical (unpaired) electrons. The number of rotatable bonds is 2. The number of piperidine rings is 1. The van der Waals surface area contributed by atoms with Crippen molar-refractivity contribution >= 4 is 34.8 Å². The Morgan fingerprint density at radius 1 is 1.26 bits per heavy atom. The predicted octanol–water partition coefficient (Wildman–Crippen LogP) is 2.17. The van der Waals surface area contributed by atoms with Gasteiger partial charge < -0.3 is 15.4 Å². The highest BCUT2D eigenvalue weighted by Gasteiger charge is 2.41. The number of halogens is 2. The summed E-state index contributed by atoms with van der Waals surface area (Å²) in [6.07, 6.45) is 3.44. The molecule has 1 aromatic heterocycles. The van der Waals surface area contributed by atoms with Gasteiger partial charge in [-0.2, -0.15) is 0 Å². The summed E-state index contributed by atoms with van der Waals surface area (Å²) in [5.74, 6) is 6.54. The van der Waals surface area contributed by atoms with Gasteiger partial charge in [-0.15, -0.1) is 0 Å². The number of nitrogen functional groups attached to an aromatic ring is 1. The van der Waals surface area contributed by atoms with Gasteiger partial charge in [0.25, 0.3) is 0 Å². The monoisotopic (exact) mass is 302 g/mol. The van der Waals surface area contributed by atoms with Gasteiger partial charge in [0.2, 0.25) is 0 Å². The van der Waals surface area contributed by atoms with Crippen LogP contribution in [0.3, 0.4) is 0 Å². The molecule has 3 heterocycles. The molecular formula is C12H16Cl2N4O. The average molecular weight is 303 g/mol. The highest BCUT2D eigenvalue weighted by Crippen LogP contribution is 2.42. The fraction of sp³-hybridized carbons (Fsp3) is 0.583. The van der Waals surface area contributed by atoms with Gasteiger partial charge in [-0.3, -0.25) is 0 Å². The van der Waals surface area contributed by atoms with Gasteiger partial charge in [0.15, 0.2) is 11.6 Å². The molecule has 3 rings (SSSR count). The molecule has 1 aromatic rings. The first kappa shape index (κ1) is 13.2. The molecule has 2 aliphatic rings. The number of nitrogens with one attached hydrogen (secondary N) is 1. The van der Waals surface area contributed by atoms with Crippen LogP contribution in [0.4, 0.5) is 11.6 Å². The molecule has 5 nitrogen and oxygen atoms in total. The second-order valence-electron chi connectivity index (χ2n) is 5.19. The van der Waals surface area contributed by atoms with Crippen molar-refractivity contribution in [2.24, 2.45) is 5.84 Å². The minimum absolute atomic E-state index is 0.216. The molecule has 0 aromatic carbocycles. The lowest BCUT2D eigenvalue weighted by Gasteiger charge is -2.38. The fourth-order valence-electron chi connectivity index (χ4n) is 3.23. The summed E-state index contributed by atoms with van der Waals surface area (Å²) < 4.78 is 0. The van der Waals surface area contributed by atoms with Gasteiger partial charge in [-0.1, -0.05) is 23.2 Å². The largest absolute Gasteiger partial charge is 0.393 e. The fourth-order valence-corrected chi connectivity index (χ4v) is 3.74. The summed E-state index contributed by atoms with van der Waals surface area (Å²) in [4.78, 5) is 6.64. The van der Waals surface area contributed by atoms with Crippen LogP contribution in [-0.4, -0.2) is 28.3 Å². The van der Waals surface area contributed by atoms with Crippen molar-refractivity contribution < 1.29 is 5.11 Å². The van der Waals surface area contributed by atoms with Crippen molar-refractivity contribution in [3.8, 4) is 0 Å². The molecule has 104 valence electrons. The first-order valence-electron chi connectivity index (χ1n) is 6.39. The minimum atomic E-state index is -0.216. The third-order valence-electron chi connectivity index (χ3n) is 4.00. The maximum atomic E-state index is 9.84. The third kappa shape index (κ3) is 2.25. The molecule has 0 saturated carbocycles. The van der Waals surface area contributed by atoms with Crippen LogP contribution in [0.5, 0.6) is 0 Å². The van der Waals surface area contributed by atoms with Gasteiger partial charge >= 0.3 is 0 Å². The zero-order valence-electron chi connectivity index (χ0n) is 10.3. The Kier molecular flexibility index (Phi) is 3.47. The summed E-state index contributed by atoms with van der Waals surface area (Å²) in [6.45, 7) is 0. The molecule has 2 bridgehead atoms. The lowest BCUT2D eigenvalue weighted by molar-refractivity contribution is 0.126. The van der Waals surface area contributed by atoms with E-state index in [1.54, 1.807) is 6.07 Å². The number of aromatic nitrogens is 1. The molecule has 2 aliphatic heterocycles. The zero-order chi connectivity index (χ0) is 13.6. The number of anilines is 2. The van der Waals surface area contributed by atoms with E-state index < -0.39 is 0 Å². The third-order valence-corrected chi connectivity index (χ3v) is 4.57. The first-order valence-corrected chi connectivity index (χ1v) is 7.14. The van der Waals surface area contributed by atoms with Crippen LogP contribution >= 0.6 is 23.2 Å². The van der Waals surface area contributed by atoms with Gasteiger partial charge in [-0.25, -0.2) is 10.8 Å². The van der Waals surface area contributed by atoms with E-state index in [1.807, 2.05) is 0 Å². The molecule has 7 heteroatoms. The van der Waals surface area contributed by atoms with Gasteiger partial charge in [0.05, 0.1) is 16.1 Å². The predicted molar refractivity (Wildman–Crippen MR) is 76.6 cm³/mol. The van der Waals surface area contributed by atoms with E-state index in [-0.39, 0.29) is 6.10 Å². The molecule has 0 aliphatic carbocycles. The van der Waals surface area contributed by atoms with Crippen LogP contribution in [0.1, 0.15) is 25.7 Å². The van der Waals surface area contributed by atoms with Crippen molar-refractivity contribution in [3.05, 3.63) is 16.1 Å². The van der Waals surface area contributed by atoms with Crippen molar-refractivity contribution in [1.29, 1.82) is 0 Å². The Labute approximate surface area is 121 Å². The quantitative estimate of drug-likeness (QED) is 0.577. The smallest absolute Gasteiger partial charge is 0.161 e. The molecule has 2 unspecified atom stereocenters. The van der Waals surface area contributed by atoms with E-state index in [2.05, 4.69) is 15.3 Å². The van der Waals surface area contributed by atoms with Crippen molar-refractivity contribution in [2.75, 3.05) is 10.3 Å². The number of nitrogens with zero attached hydrogens (tertiary/aromatic N) is 2. The van der Waals surface area contributed by atoms with Crippen molar-refractivity contribution in [1.82, 2.24) is 4.98 Å². The summed E-state index contributed by atoms with van der Waals surface area (Å²) >= 11 is 12.3. The molecule has 19 heavy (non-hydrogen) atoms. The number of hydrazine groups is 1. The van der Waals surface area contributed by atoms with Crippen LogP contribution in [0.15, 0.2) is 6.07 Å². The van der Waals surface area contributed by atoms with Crippen LogP contribution in [0.25, 0.3) is 0 Å². The van der Waals surface area contributed by atoms with Crippen LogP contribution in [-0.2, 0) is 0 Å². The Morgan fingerprint density at radius 3 is 2.47 bits per heavy atom. The summed E-state index contributed by atoms with van der Waals surface area (Å²) in [5, 5.41) is 10.8. The van der Waals surface area contributed by atoms with E-state index in [9.17, 15) is 5.11 Å². The van der Waals surface area contributed by atoms with Crippen LogP contribution in [0.2, 0.25) is 10.0 Å². The van der Waals surface area contributed by atoms with E-state index >= 15 is 0 Å². The summed E-state index contributed by atoms with van der Waals surface area (Å²) in [5.41, 5.74) is 2.48. The lowest BCUT2D eigenvalue weighted by atomic mass is 10.00. The van der Waals surface area contributed by atoms with Crippen LogP contribution in [0, 0.1) is 0 Å². The highest BCUT2D eigenvalue weighted by molar-refractivity contribution is 6.37. The molecule has 0 spiro atoms. The molecule has 2 saturated heterocycles. The second kappa shape index (κ2) is 4.98. The number of nitrogens with two attached hydrogens (primary N) is 1. The van der Waals surface area contributed by atoms with Gasteiger partial charge in [0, 0.05) is 12.1 Å². The summed E-state index contributed by atoms with van der Waals surface area (Å²) in [7, 11) is 0. The van der Waals surface area contributed by atoms with E-state index in [0.29, 0.717) is 33.8 Å². The Morgan fingerprint density at radius 2 is 1.89 bits per heavy atom. The number of fused-ring (bicyclic) bond motifs is 2. The average Bonchev–Trinajstić information content (AvgIpc) is 2.63. The van der Waals surface area contributed by atoms with E-state index in [0.717, 1.165) is 25.7 Å². The summed E-state index contributed by atoms with van der Waals surface area (Å²) in [6, 6.07) is 2.25. The molecule has 2 atom stereocenters. The molecule has 4 N–H and O–H groups in total. The first-order chi connectivity index (χ1) is 9.10. The second-order valence-corrected chi connectivity index (χ2v) is 6.00. The molecule has 2 fully saturated rings. The van der Waals surface area contributed by atoms with Crippen molar-refractivity contribution in [2.45, 2.75) is 43.9 Å². The molecular weight excluding hydrogens is 287 g/mol. The van der Waals surface area contributed by atoms with Crippen LogP contribution < -0.4 is 16.2 Å². The standard InChI is InChI=1S/C12H16Cl2N4O/c13-9-5-10(14)12(16-11(9)17-15)18-6-1-2-7(18)4-8(19)3-6/h5-8,19H,1-4,15H2,(H,16,17). The number of hydrogen-bond donors (Lipinski definition) is 3. The highest BCUT2D eigenvalue weighted by atomic mass is 35.5. The number of aliphatic hydroxyl groups excluding tert-OH is 1. The SMILES string of the molecule is NNc1nc(N2C3CCC2CC(O)C3)c(Cl)cc1Cl. The molecule has 0 amide bonds. The van der Waals surface area contributed by atoms with Gasteiger partial charge in [-0.05, 0) is 31.7 Å².